The zero-order valence-electron chi connectivity index (χ0n) is 10.2. The van der Waals surface area contributed by atoms with Crippen LogP contribution in [0, 0.1) is 0 Å². The number of carboxylic acid groups (broad SMARTS) is 2. The number of aliphatic hydroxyl groups is 2. The van der Waals surface area contributed by atoms with Gasteiger partial charge < -0.3 is 25.2 Å². The minimum Gasteiger partial charge on any atom is -0.479 e. The van der Waals surface area contributed by atoms with Crippen molar-refractivity contribution in [3.05, 3.63) is 12.2 Å². The highest BCUT2D eigenvalue weighted by atomic mass is 16.4. The molecule has 0 saturated carbocycles. The minimum atomic E-state index is -2.27. The number of allylic oxidation sites excluding steroid dienone is 2. The Balaban J connectivity index is 0. The first-order valence-electron chi connectivity index (χ1n) is 5.16. The fourth-order valence-electron chi connectivity index (χ4n) is 0.723. The van der Waals surface area contributed by atoms with E-state index in [1.54, 1.807) is 6.92 Å². The van der Waals surface area contributed by atoms with E-state index in [0.29, 0.717) is 6.42 Å². The van der Waals surface area contributed by atoms with Crippen molar-refractivity contribution in [2.75, 3.05) is 0 Å². The molecule has 0 rings (SSSR count). The molecule has 0 bridgehead atoms. The molecule has 0 aromatic heterocycles. The smallest absolute Gasteiger partial charge is 0.335 e. The van der Waals surface area contributed by atoms with E-state index in [4.69, 9.17) is 20.4 Å². The van der Waals surface area contributed by atoms with Gasteiger partial charge in [-0.25, -0.2) is 9.59 Å². The van der Waals surface area contributed by atoms with Crippen molar-refractivity contribution in [1.82, 2.24) is 0 Å². The predicted octanol–water partition coefficient (Wildman–Crippen LogP) is -0.191. The number of carbonyl (C=O) groups excluding carboxylic acids is 1. The number of ketones is 1. The number of carboxylic acids is 2. The highest BCUT2D eigenvalue weighted by Crippen LogP contribution is 1.92. The second kappa shape index (κ2) is 10.4. The predicted molar refractivity (Wildman–Crippen MR) is 62.0 cm³/mol. The normalized spacial score (nSPS) is 13.3. The number of hydrogen-bond donors (Lipinski definition) is 4. The number of aliphatic hydroxyl groups excluding tert-OH is 2. The van der Waals surface area contributed by atoms with Crippen molar-refractivity contribution >= 4 is 17.7 Å². The molecule has 0 aromatic rings. The molecular weight excluding hydrogens is 244 g/mol. The minimum absolute atomic E-state index is 0.267. The quantitative estimate of drug-likeness (QED) is 0.487. The maximum absolute atomic E-state index is 10.3. The Bertz CT molecular complexity index is 291. The maximum Gasteiger partial charge on any atom is 0.335 e. The van der Waals surface area contributed by atoms with Crippen molar-refractivity contribution in [3.8, 4) is 0 Å². The van der Waals surface area contributed by atoms with Gasteiger partial charge in [-0.1, -0.05) is 12.2 Å². The van der Waals surface area contributed by atoms with E-state index in [-0.39, 0.29) is 5.78 Å². The van der Waals surface area contributed by atoms with Gasteiger partial charge >= 0.3 is 11.9 Å². The summed E-state index contributed by atoms with van der Waals surface area (Å²) in [5.74, 6) is -3.27. The highest BCUT2D eigenvalue weighted by molar-refractivity contribution is 5.83. The summed E-state index contributed by atoms with van der Waals surface area (Å²) in [6, 6.07) is 0. The van der Waals surface area contributed by atoms with Crippen molar-refractivity contribution in [3.63, 3.8) is 0 Å². The lowest BCUT2D eigenvalue weighted by molar-refractivity contribution is -0.165. The molecule has 18 heavy (non-hydrogen) atoms. The lowest BCUT2D eigenvalue weighted by Gasteiger charge is -2.07. The molecular formula is C11H18O7. The summed E-state index contributed by atoms with van der Waals surface area (Å²) in [6.07, 6.45) is 1.01. The standard InChI is InChI=1S/C7H12O.C4H6O6/c1-3-4-5-6-7(2)8;5-1(3(7)8)2(6)4(9)10/h3-4H,5-6H2,1-2H3;1-2,5-6H,(H,7,8)(H,9,10). The largest absolute Gasteiger partial charge is 0.479 e. The summed E-state index contributed by atoms with van der Waals surface area (Å²) in [7, 11) is 0. The Morgan fingerprint density at radius 1 is 1.06 bits per heavy atom. The summed E-state index contributed by atoms with van der Waals surface area (Å²) in [5, 5.41) is 32.5. The molecule has 0 amide bonds. The van der Waals surface area contributed by atoms with Crippen LogP contribution in [0.1, 0.15) is 26.7 Å². The van der Waals surface area contributed by atoms with E-state index < -0.39 is 24.1 Å². The zero-order chi connectivity index (χ0) is 14.7. The first-order chi connectivity index (χ1) is 8.23. The molecule has 0 saturated heterocycles. The number of hydrogen-bond acceptors (Lipinski definition) is 5. The third-order valence-electron chi connectivity index (χ3n) is 1.70. The maximum atomic E-state index is 10.3. The Kier molecular flexibility index (Phi) is 10.8. The molecule has 0 aliphatic rings. The summed E-state index contributed by atoms with van der Waals surface area (Å²) in [6.45, 7) is 3.57. The molecule has 0 radical (unpaired) electrons. The van der Waals surface area contributed by atoms with Crippen molar-refractivity contribution in [2.24, 2.45) is 0 Å². The Morgan fingerprint density at radius 3 is 1.67 bits per heavy atom. The van der Waals surface area contributed by atoms with Gasteiger partial charge in [-0.3, -0.25) is 0 Å². The zero-order valence-corrected chi connectivity index (χ0v) is 10.2. The van der Waals surface area contributed by atoms with E-state index in [0.717, 1.165) is 6.42 Å². The molecule has 0 aliphatic carbocycles. The van der Waals surface area contributed by atoms with Crippen molar-refractivity contribution in [2.45, 2.75) is 38.9 Å². The van der Waals surface area contributed by atoms with Gasteiger partial charge in [-0.2, -0.15) is 0 Å². The summed E-state index contributed by atoms with van der Waals surface area (Å²) in [5.41, 5.74) is 0. The summed E-state index contributed by atoms with van der Waals surface area (Å²) >= 11 is 0. The number of rotatable bonds is 6. The molecule has 0 aromatic carbocycles. The molecule has 0 spiro atoms. The third-order valence-corrected chi connectivity index (χ3v) is 1.70. The number of aliphatic carboxylic acids is 2. The summed E-state index contributed by atoms with van der Waals surface area (Å²) in [4.78, 5) is 29.8. The number of Topliss-reactive ketones (excluding diaryl/α,β-unsaturated/α-hetero) is 1. The Labute approximate surface area is 104 Å². The topological polar surface area (TPSA) is 132 Å². The van der Waals surface area contributed by atoms with Gasteiger partial charge in [0.25, 0.3) is 0 Å². The molecule has 7 heteroatoms. The first-order valence-corrected chi connectivity index (χ1v) is 5.16. The average molecular weight is 262 g/mol. The van der Waals surface area contributed by atoms with Gasteiger partial charge in [0, 0.05) is 6.42 Å². The second-order valence-corrected chi connectivity index (χ2v) is 3.38. The van der Waals surface area contributed by atoms with E-state index in [9.17, 15) is 14.4 Å². The highest BCUT2D eigenvalue weighted by Gasteiger charge is 2.29. The Hall–Kier alpha value is -1.73. The number of carbonyl (C=O) groups is 3. The lowest BCUT2D eigenvalue weighted by atomic mass is 10.2. The van der Waals surface area contributed by atoms with Crippen molar-refractivity contribution < 1.29 is 34.8 Å². The van der Waals surface area contributed by atoms with Crippen LogP contribution in [-0.2, 0) is 14.4 Å². The van der Waals surface area contributed by atoms with Gasteiger partial charge in [-0.05, 0) is 20.3 Å². The lowest BCUT2D eigenvalue weighted by Crippen LogP contribution is -2.39. The fourth-order valence-corrected chi connectivity index (χ4v) is 0.723. The SMILES string of the molecule is CC=CCCC(C)=O.O=C(O)C(O)C(O)C(=O)O. The van der Waals surface area contributed by atoms with Crippen LogP contribution in [0.2, 0.25) is 0 Å². The monoisotopic (exact) mass is 262 g/mol. The third kappa shape index (κ3) is 10.8. The van der Waals surface area contributed by atoms with Crippen LogP contribution in [0.4, 0.5) is 0 Å². The van der Waals surface area contributed by atoms with Crippen LogP contribution in [0.15, 0.2) is 12.2 Å². The van der Waals surface area contributed by atoms with E-state index in [1.807, 2.05) is 19.1 Å². The van der Waals surface area contributed by atoms with Crippen LogP contribution in [0.5, 0.6) is 0 Å². The molecule has 0 fully saturated rings. The van der Waals surface area contributed by atoms with E-state index >= 15 is 0 Å². The van der Waals surface area contributed by atoms with Crippen LogP contribution >= 0.6 is 0 Å². The van der Waals surface area contributed by atoms with Gasteiger partial charge in [0.15, 0.2) is 12.2 Å². The Morgan fingerprint density at radius 2 is 1.44 bits per heavy atom. The molecule has 104 valence electrons. The second-order valence-electron chi connectivity index (χ2n) is 3.38. The van der Waals surface area contributed by atoms with Gasteiger partial charge in [0.1, 0.15) is 5.78 Å². The van der Waals surface area contributed by atoms with Gasteiger partial charge in [0.05, 0.1) is 0 Å². The fraction of sp³-hybridized carbons (Fsp3) is 0.545. The summed E-state index contributed by atoms with van der Waals surface area (Å²) < 4.78 is 0. The average Bonchev–Trinajstić information content (AvgIpc) is 2.27. The molecule has 7 nitrogen and oxygen atoms in total. The first kappa shape index (κ1) is 18.6. The van der Waals surface area contributed by atoms with E-state index in [2.05, 4.69) is 0 Å². The van der Waals surface area contributed by atoms with Crippen LogP contribution in [0.3, 0.4) is 0 Å². The molecule has 0 heterocycles. The molecule has 2 unspecified atom stereocenters. The van der Waals surface area contributed by atoms with Gasteiger partial charge in [-0.15, -0.1) is 0 Å². The van der Waals surface area contributed by atoms with Crippen molar-refractivity contribution in [1.29, 1.82) is 0 Å². The molecule has 4 N–H and O–H groups in total. The van der Waals surface area contributed by atoms with Crippen LogP contribution in [-0.4, -0.2) is 50.4 Å². The molecule has 0 aliphatic heterocycles. The van der Waals surface area contributed by atoms with Crippen LogP contribution in [0.25, 0.3) is 0 Å². The van der Waals surface area contributed by atoms with Crippen LogP contribution < -0.4 is 0 Å². The molecule has 2 atom stereocenters. The van der Waals surface area contributed by atoms with Gasteiger partial charge in [0.2, 0.25) is 0 Å². The van der Waals surface area contributed by atoms with E-state index in [1.165, 1.54) is 0 Å².